The van der Waals surface area contributed by atoms with E-state index >= 15 is 0 Å². The number of amides is 3. The number of thiazole rings is 1. The number of ether oxygens (including phenoxy) is 1. The molecule has 0 bridgehead atoms. The molecule has 0 fully saturated rings. The van der Waals surface area contributed by atoms with E-state index in [0.717, 1.165) is 11.1 Å². The van der Waals surface area contributed by atoms with Crippen molar-refractivity contribution in [2.75, 3.05) is 0 Å². The van der Waals surface area contributed by atoms with Crippen LogP contribution in [0.5, 0.6) is 0 Å². The molecular weight excluding hydrogens is 342 g/mol. The fraction of sp³-hybridized carbons (Fsp3) is 0.294. The van der Waals surface area contributed by atoms with Crippen molar-refractivity contribution in [3.05, 3.63) is 40.9 Å². The minimum atomic E-state index is -1.13. The Morgan fingerprint density at radius 3 is 2.40 bits per heavy atom. The van der Waals surface area contributed by atoms with Gasteiger partial charge in [0.05, 0.1) is 0 Å². The number of aryl methyl sites for hydroxylation is 1. The number of hydrogen-bond donors (Lipinski definition) is 2. The quantitative estimate of drug-likeness (QED) is 0.795. The van der Waals surface area contributed by atoms with Crippen LogP contribution in [0.3, 0.4) is 0 Å². The van der Waals surface area contributed by atoms with Gasteiger partial charge in [0.15, 0.2) is 11.8 Å². The molecule has 0 aliphatic heterocycles. The average molecular weight is 361 g/mol. The van der Waals surface area contributed by atoms with Crippen LogP contribution in [0, 0.1) is 12.8 Å². The van der Waals surface area contributed by atoms with E-state index in [2.05, 4.69) is 4.98 Å². The van der Waals surface area contributed by atoms with Gasteiger partial charge >= 0.3 is 12.0 Å². The first-order chi connectivity index (χ1) is 11.8. The summed E-state index contributed by atoms with van der Waals surface area (Å²) in [6, 6.07) is 6.75. The van der Waals surface area contributed by atoms with Crippen molar-refractivity contribution in [1.82, 2.24) is 10.3 Å². The van der Waals surface area contributed by atoms with Gasteiger partial charge in [-0.25, -0.2) is 14.6 Å². The molecule has 7 nitrogen and oxygen atoms in total. The zero-order valence-corrected chi connectivity index (χ0v) is 14.9. The minimum absolute atomic E-state index is 0.109. The number of nitrogens with two attached hydrogens (primary N) is 1. The van der Waals surface area contributed by atoms with Gasteiger partial charge in [-0.15, -0.1) is 11.3 Å². The third kappa shape index (κ3) is 4.87. The van der Waals surface area contributed by atoms with E-state index in [0.29, 0.717) is 5.01 Å². The topological polar surface area (TPSA) is 111 Å². The highest BCUT2D eigenvalue weighted by molar-refractivity contribution is 7.13. The number of esters is 1. The van der Waals surface area contributed by atoms with E-state index in [1.54, 1.807) is 19.2 Å². The summed E-state index contributed by atoms with van der Waals surface area (Å²) in [6.45, 7) is 5.37. The maximum atomic E-state index is 12.3. The molecule has 3 amide bonds. The molecule has 132 valence electrons. The number of primary amides is 1. The number of carbonyl (C=O) groups is 3. The Labute approximate surface area is 149 Å². The van der Waals surface area contributed by atoms with Gasteiger partial charge in [-0.1, -0.05) is 43.7 Å². The largest absolute Gasteiger partial charge is 0.447 e. The third-order valence-electron chi connectivity index (χ3n) is 3.36. The second-order valence-electron chi connectivity index (χ2n) is 5.83. The highest BCUT2D eigenvalue weighted by Gasteiger charge is 2.28. The molecule has 1 heterocycles. The maximum absolute atomic E-state index is 12.3. The number of imide groups is 1. The molecule has 1 aromatic carbocycles. The first-order valence-corrected chi connectivity index (χ1v) is 8.49. The van der Waals surface area contributed by atoms with Crippen molar-refractivity contribution in [3.63, 3.8) is 0 Å². The van der Waals surface area contributed by atoms with Crippen LogP contribution >= 0.6 is 11.3 Å². The van der Waals surface area contributed by atoms with Crippen molar-refractivity contribution >= 4 is 29.2 Å². The van der Waals surface area contributed by atoms with Gasteiger partial charge in [0.2, 0.25) is 0 Å². The lowest BCUT2D eigenvalue weighted by Gasteiger charge is -2.19. The van der Waals surface area contributed by atoms with Crippen molar-refractivity contribution in [2.24, 2.45) is 11.7 Å². The number of carbonyl (C=O) groups excluding carboxylic acids is 3. The van der Waals surface area contributed by atoms with Crippen molar-refractivity contribution in [2.45, 2.75) is 26.9 Å². The lowest BCUT2D eigenvalue weighted by molar-refractivity contribution is -0.130. The molecule has 0 saturated heterocycles. The second-order valence-corrected chi connectivity index (χ2v) is 6.69. The van der Waals surface area contributed by atoms with E-state index in [4.69, 9.17) is 10.5 Å². The van der Waals surface area contributed by atoms with Crippen LogP contribution < -0.4 is 11.1 Å². The van der Waals surface area contributed by atoms with E-state index in [-0.39, 0.29) is 11.6 Å². The standard InChI is InChI=1S/C17H19N3O4S/c1-9(2)13(14(21)20-17(18)23)24-16(22)12-8-25-15(19-12)11-6-4-10(3)5-7-11/h4-9,13H,1-3H3,(H3,18,20,21,23)/t13-/m1/s1. The Bertz CT molecular complexity index is 783. The van der Waals surface area contributed by atoms with E-state index in [1.807, 2.05) is 36.5 Å². The lowest BCUT2D eigenvalue weighted by atomic mass is 10.1. The fourth-order valence-electron chi connectivity index (χ4n) is 2.06. The molecule has 8 heteroatoms. The molecule has 2 rings (SSSR count). The molecule has 0 aliphatic rings. The Balaban J connectivity index is 2.13. The molecule has 0 saturated carbocycles. The number of nitrogens with zero attached hydrogens (tertiary/aromatic N) is 1. The monoisotopic (exact) mass is 361 g/mol. The van der Waals surface area contributed by atoms with Gasteiger partial charge in [-0.05, 0) is 12.8 Å². The number of urea groups is 1. The van der Waals surface area contributed by atoms with Crippen molar-refractivity contribution < 1.29 is 19.1 Å². The van der Waals surface area contributed by atoms with Crippen LogP contribution in [-0.4, -0.2) is 29.0 Å². The minimum Gasteiger partial charge on any atom is -0.447 e. The predicted molar refractivity (Wildman–Crippen MR) is 94.1 cm³/mol. The summed E-state index contributed by atoms with van der Waals surface area (Å²) in [5, 5.41) is 4.17. The zero-order valence-electron chi connectivity index (χ0n) is 14.1. The number of aromatic nitrogens is 1. The van der Waals surface area contributed by atoms with Crippen molar-refractivity contribution in [3.8, 4) is 10.6 Å². The number of hydrogen-bond acceptors (Lipinski definition) is 6. The van der Waals surface area contributed by atoms with Crippen LogP contribution in [0.25, 0.3) is 10.6 Å². The van der Waals surface area contributed by atoms with Gasteiger partial charge in [-0.2, -0.15) is 0 Å². The average Bonchev–Trinajstić information content (AvgIpc) is 3.02. The van der Waals surface area contributed by atoms with Gasteiger partial charge in [-0.3, -0.25) is 10.1 Å². The summed E-state index contributed by atoms with van der Waals surface area (Å²) in [4.78, 5) is 39.3. The molecule has 0 spiro atoms. The van der Waals surface area contributed by atoms with Gasteiger partial charge in [0.25, 0.3) is 5.91 Å². The molecule has 0 unspecified atom stereocenters. The summed E-state index contributed by atoms with van der Waals surface area (Å²) in [5.74, 6) is -1.82. The fourth-order valence-corrected chi connectivity index (χ4v) is 2.85. The normalized spacial score (nSPS) is 11.8. The second kappa shape index (κ2) is 7.89. The molecule has 0 aliphatic carbocycles. The first kappa shape index (κ1) is 18.6. The van der Waals surface area contributed by atoms with Gasteiger partial charge in [0, 0.05) is 10.9 Å². The van der Waals surface area contributed by atoms with E-state index in [1.165, 1.54) is 11.3 Å². The first-order valence-electron chi connectivity index (χ1n) is 7.61. The van der Waals surface area contributed by atoms with Crippen molar-refractivity contribution in [1.29, 1.82) is 0 Å². The Morgan fingerprint density at radius 1 is 1.20 bits per heavy atom. The predicted octanol–water partition coefficient (Wildman–Crippen LogP) is 2.49. The smallest absolute Gasteiger partial charge is 0.358 e. The molecule has 0 radical (unpaired) electrons. The van der Waals surface area contributed by atoms with Gasteiger partial charge in [0.1, 0.15) is 5.01 Å². The number of rotatable bonds is 5. The maximum Gasteiger partial charge on any atom is 0.358 e. The molecule has 3 N–H and O–H groups in total. The third-order valence-corrected chi connectivity index (χ3v) is 4.25. The number of benzene rings is 1. The number of nitrogens with one attached hydrogen (secondary N) is 1. The highest BCUT2D eigenvalue weighted by Crippen LogP contribution is 2.24. The Morgan fingerprint density at radius 2 is 1.84 bits per heavy atom. The van der Waals surface area contributed by atoms with Crippen LogP contribution in [-0.2, 0) is 9.53 Å². The Kier molecular flexibility index (Phi) is 5.87. The van der Waals surface area contributed by atoms with Crippen LogP contribution in [0.1, 0.15) is 29.9 Å². The van der Waals surface area contributed by atoms with E-state index < -0.39 is 24.0 Å². The lowest BCUT2D eigenvalue weighted by Crippen LogP contribution is -2.45. The van der Waals surface area contributed by atoms with Gasteiger partial charge < -0.3 is 10.5 Å². The SMILES string of the molecule is Cc1ccc(-c2nc(C(=O)O[C@@H](C(=O)NC(N)=O)C(C)C)cs2)cc1. The van der Waals surface area contributed by atoms with Crippen LogP contribution in [0.4, 0.5) is 4.79 Å². The van der Waals surface area contributed by atoms with Crippen LogP contribution in [0.15, 0.2) is 29.6 Å². The molecule has 2 aromatic rings. The zero-order chi connectivity index (χ0) is 18.6. The summed E-state index contributed by atoms with van der Waals surface area (Å²) < 4.78 is 5.21. The molecule has 1 aromatic heterocycles. The Hall–Kier alpha value is -2.74. The summed E-state index contributed by atoms with van der Waals surface area (Å²) in [5.41, 5.74) is 7.05. The summed E-state index contributed by atoms with van der Waals surface area (Å²) in [6.07, 6.45) is -1.13. The molecular formula is C17H19N3O4S. The highest BCUT2D eigenvalue weighted by atomic mass is 32.1. The van der Waals surface area contributed by atoms with Crippen LogP contribution in [0.2, 0.25) is 0 Å². The summed E-state index contributed by atoms with van der Waals surface area (Å²) in [7, 11) is 0. The summed E-state index contributed by atoms with van der Waals surface area (Å²) >= 11 is 1.30. The molecule has 25 heavy (non-hydrogen) atoms. The van der Waals surface area contributed by atoms with E-state index in [9.17, 15) is 14.4 Å². The molecule has 1 atom stereocenters.